The van der Waals surface area contributed by atoms with Gasteiger partial charge in [0.25, 0.3) is 6.29 Å². The highest BCUT2D eigenvalue weighted by molar-refractivity contribution is 5.71. The second-order valence-electron chi connectivity index (χ2n) is 19.2. The number of likely N-dealkylation sites (N-methyl/N-ethyl adjacent to an activating group) is 1. The van der Waals surface area contributed by atoms with Gasteiger partial charge in [0.2, 0.25) is 0 Å². The number of unbranched alkanes of at least 4 members (excludes halogenated alkanes) is 10. The molecule has 0 fully saturated rings. The lowest BCUT2D eigenvalue weighted by atomic mass is 10.1. The molecular weight excluding hydrogens is 911 g/mol. The first-order chi connectivity index (χ1) is 35.6. The number of carboxylic acids is 1. The normalized spacial score (nSPS) is 13.9. The smallest absolute Gasteiger partial charge is 0.361 e. The third kappa shape index (κ3) is 54.8. The molecule has 2 unspecified atom stereocenters. The summed E-state index contributed by atoms with van der Waals surface area (Å²) in [5.74, 6) is -2.09. The number of rotatable bonds is 49. The van der Waals surface area contributed by atoms with Crippen LogP contribution in [-0.4, -0.2) is 87.4 Å². The SMILES string of the molecule is CC/C=C\C/C=C\C/C=C\C/C=C\C/C=C\C/C=C\C/C=C\C/C=C\C/C=C\C/C=C\C/C=C\CCCCCC(=O)OC(COC(=O)CCCCCCC/C=C\CCCC)COC(OCC[N+](C)(C)C)C(=O)O. The van der Waals surface area contributed by atoms with Crippen LogP contribution in [-0.2, 0) is 33.3 Å². The number of carbonyl (C=O) groups excluding carboxylic acids is 2. The lowest BCUT2D eigenvalue weighted by molar-refractivity contribution is -0.870. The third-order valence-corrected chi connectivity index (χ3v) is 11.1. The van der Waals surface area contributed by atoms with Gasteiger partial charge in [-0.2, -0.15) is 0 Å². The molecule has 2 atom stereocenters. The minimum atomic E-state index is -1.53. The third-order valence-electron chi connectivity index (χ3n) is 11.1. The van der Waals surface area contributed by atoms with E-state index in [1.807, 2.05) is 21.1 Å². The van der Waals surface area contributed by atoms with Gasteiger partial charge in [-0.05, 0) is 116 Å². The maximum Gasteiger partial charge on any atom is 0.361 e. The van der Waals surface area contributed by atoms with Gasteiger partial charge in [0, 0.05) is 12.8 Å². The van der Waals surface area contributed by atoms with Crippen LogP contribution in [0, 0.1) is 0 Å². The number of carbonyl (C=O) groups is 3. The van der Waals surface area contributed by atoms with E-state index in [0.29, 0.717) is 17.4 Å². The van der Waals surface area contributed by atoms with E-state index in [1.54, 1.807) is 0 Å². The lowest BCUT2D eigenvalue weighted by Gasteiger charge is -2.25. The Morgan fingerprint density at radius 2 is 0.781 bits per heavy atom. The summed E-state index contributed by atoms with van der Waals surface area (Å²) in [6.45, 7) is 4.63. The molecule has 0 aromatic heterocycles. The van der Waals surface area contributed by atoms with E-state index in [9.17, 15) is 19.5 Å². The Kier molecular flexibility index (Phi) is 49.9. The summed E-state index contributed by atoms with van der Waals surface area (Å²) in [4.78, 5) is 37.2. The van der Waals surface area contributed by atoms with Crippen LogP contribution in [0.25, 0.3) is 0 Å². The second-order valence-corrected chi connectivity index (χ2v) is 19.2. The van der Waals surface area contributed by atoms with Crippen molar-refractivity contribution in [1.82, 2.24) is 0 Å². The first kappa shape index (κ1) is 68.2. The van der Waals surface area contributed by atoms with Gasteiger partial charge in [-0.25, -0.2) is 4.79 Å². The Hall–Kier alpha value is -4.83. The Bertz CT molecular complexity index is 1700. The van der Waals surface area contributed by atoms with Crippen molar-refractivity contribution in [2.45, 2.75) is 193 Å². The van der Waals surface area contributed by atoms with Gasteiger partial charge in [-0.3, -0.25) is 9.59 Å². The number of nitrogens with zero attached hydrogens (tertiary/aromatic N) is 1. The number of ether oxygens (including phenoxy) is 4. The first-order valence-corrected chi connectivity index (χ1v) is 28.0. The highest BCUT2D eigenvalue weighted by atomic mass is 16.7. The van der Waals surface area contributed by atoms with Gasteiger partial charge in [-0.1, -0.05) is 198 Å². The second kappa shape index (κ2) is 53.5. The lowest BCUT2D eigenvalue weighted by Crippen LogP contribution is -2.40. The van der Waals surface area contributed by atoms with Crippen molar-refractivity contribution < 1.29 is 42.9 Å². The van der Waals surface area contributed by atoms with Crippen molar-refractivity contribution in [3.05, 3.63) is 146 Å². The van der Waals surface area contributed by atoms with Crippen LogP contribution in [0.2, 0.25) is 0 Å². The molecule has 0 aliphatic heterocycles. The summed E-state index contributed by atoms with van der Waals surface area (Å²) in [6, 6.07) is 0. The van der Waals surface area contributed by atoms with Crippen molar-refractivity contribution in [2.24, 2.45) is 0 Å². The zero-order chi connectivity index (χ0) is 53.4. The Morgan fingerprint density at radius 1 is 0.425 bits per heavy atom. The number of hydrogen-bond acceptors (Lipinski definition) is 7. The van der Waals surface area contributed by atoms with Gasteiger partial charge in [-0.15, -0.1) is 0 Å². The van der Waals surface area contributed by atoms with Crippen LogP contribution < -0.4 is 0 Å². The van der Waals surface area contributed by atoms with E-state index in [0.717, 1.165) is 135 Å². The van der Waals surface area contributed by atoms with E-state index < -0.39 is 24.3 Å². The van der Waals surface area contributed by atoms with E-state index in [1.165, 1.54) is 12.8 Å². The van der Waals surface area contributed by atoms with Crippen molar-refractivity contribution in [3.63, 3.8) is 0 Å². The van der Waals surface area contributed by atoms with Gasteiger partial charge in [0.15, 0.2) is 6.10 Å². The standard InChI is InChI=1S/C64H101NO8/c1-6-8-10-12-14-16-18-19-20-21-22-23-24-25-26-27-28-29-30-31-32-33-34-35-36-37-38-39-40-41-42-43-45-47-49-51-53-55-62(67)73-60(59-72-64(63(68)69)70-57-56-65(3,4)5)58-71-61(66)54-52-50-48-46-44-17-15-13-11-9-7-2/h8,10,13-16,19-20,22-23,25-26,28-29,31-32,34-35,37-38,40-41,43,45,60,64H,6-7,9,11-12,17-18,21,24,27,30,33,36,39,42,44,46-59H2,1-5H3/p+1/b10-8-,15-13-,16-14-,20-19-,23-22-,26-25-,29-28-,32-31-,35-34-,38-37-,41-40-,45-43-. The fourth-order valence-electron chi connectivity index (χ4n) is 6.76. The van der Waals surface area contributed by atoms with Gasteiger partial charge < -0.3 is 28.5 Å². The summed E-state index contributed by atoms with van der Waals surface area (Å²) in [5, 5.41) is 9.66. The zero-order valence-electron chi connectivity index (χ0n) is 46.5. The molecule has 410 valence electrons. The molecule has 0 radical (unpaired) electrons. The average molecular weight is 1010 g/mol. The molecule has 0 rings (SSSR count). The maximum atomic E-state index is 12.8. The molecule has 9 nitrogen and oxygen atoms in total. The van der Waals surface area contributed by atoms with Crippen LogP contribution in [0.3, 0.4) is 0 Å². The summed E-state index contributed by atoms with van der Waals surface area (Å²) in [6.07, 6.45) is 75.1. The molecule has 0 aliphatic rings. The van der Waals surface area contributed by atoms with E-state index in [-0.39, 0.29) is 38.6 Å². The molecule has 0 saturated carbocycles. The number of esters is 2. The number of hydrogen-bond donors (Lipinski definition) is 1. The Balaban J connectivity index is 4.29. The molecule has 0 aromatic carbocycles. The van der Waals surface area contributed by atoms with Crippen LogP contribution in [0.4, 0.5) is 0 Å². The largest absolute Gasteiger partial charge is 0.477 e. The fraction of sp³-hybridized carbons (Fsp3) is 0.578. The molecule has 9 heteroatoms. The summed E-state index contributed by atoms with van der Waals surface area (Å²) in [7, 11) is 5.93. The fourth-order valence-corrected chi connectivity index (χ4v) is 6.76. The van der Waals surface area contributed by atoms with Crippen molar-refractivity contribution in [2.75, 3.05) is 47.5 Å². The minimum absolute atomic E-state index is 0.171. The van der Waals surface area contributed by atoms with E-state index in [4.69, 9.17) is 18.9 Å². The Labute approximate surface area is 445 Å². The molecule has 0 spiro atoms. The van der Waals surface area contributed by atoms with Crippen molar-refractivity contribution in [3.8, 4) is 0 Å². The number of carboxylic acid groups (broad SMARTS) is 1. The molecular formula is C64H102NO8+. The summed E-state index contributed by atoms with van der Waals surface area (Å²) < 4.78 is 22.7. The highest BCUT2D eigenvalue weighted by Gasteiger charge is 2.25. The quantitative estimate of drug-likeness (QED) is 0.0211. The first-order valence-electron chi connectivity index (χ1n) is 28.0. The molecule has 0 aliphatic carbocycles. The zero-order valence-corrected chi connectivity index (χ0v) is 46.5. The average Bonchev–Trinajstić information content (AvgIpc) is 3.36. The predicted molar refractivity (Wildman–Crippen MR) is 308 cm³/mol. The van der Waals surface area contributed by atoms with Gasteiger partial charge >= 0.3 is 17.9 Å². The summed E-state index contributed by atoms with van der Waals surface area (Å²) in [5.41, 5.74) is 0. The van der Waals surface area contributed by atoms with Crippen LogP contribution in [0.5, 0.6) is 0 Å². The monoisotopic (exact) mass is 1010 g/mol. The van der Waals surface area contributed by atoms with Gasteiger partial charge in [0.1, 0.15) is 13.2 Å². The molecule has 1 N–H and O–H groups in total. The molecule has 0 bridgehead atoms. The van der Waals surface area contributed by atoms with Crippen molar-refractivity contribution in [1.29, 1.82) is 0 Å². The van der Waals surface area contributed by atoms with Crippen LogP contribution in [0.1, 0.15) is 181 Å². The van der Waals surface area contributed by atoms with Crippen LogP contribution in [0.15, 0.2) is 146 Å². The predicted octanol–water partition coefficient (Wildman–Crippen LogP) is 16.4. The van der Waals surface area contributed by atoms with E-state index in [2.05, 4.69) is 160 Å². The molecule has 0 amide bonds. The van der Waals surface area contributed by atoms with Crippen molar-refractivity contribution >= 4 is 17.9 Å². The molecule has 0 saturated heterocycles. The highest BCUT2D eigenvalue weighted by Crippen LogP contribution is 2.12. The minimum Gasteiger partial charge on any atom is -0.477 e. The Morgan fingerprint density at radius 3 is 1.19 bits per heavy atom. The molecule has 73 heavy (non-hydrogen) atoms. The number of quaternary nitrogens is 1. The van der Waals surface area contributed by atoms with E-state index >= 15 is 0 Å². The topological polar surface area (TPSA) is 108 Å². The molecule has 0 aromatic rings. The number of allylic oxidation sites excluding steroid dienone is 24. The van der Waals surface area contributed by atoms with Gasteiger partial charge in [0.05, 0.1) is 34.4 Å². The number of aliphatic carboxylic acids is 1. The maximum absolute atomic E-state index is 12.8. The molecule has 0 heterocycles. The van der Waals surface area contributed by atoms with Crippen LogP contribution >= 0.6 is 0 Å². The summed E-state index contributed by atoms with van der Waals surface area (Å²) >= 11 is 0.